The first-order valence-electron chi connectivity index (χ1n) is 28.2. The van der Waals surface area contributed by atoms with Crippen molar-refractivity contribution in [3.63, 3.8) is 0 Å². The van der Waals surface area contributed by atoms with Gasteiger partial charge in [-0.15, -0.1) is 0 Å². The summed E-state index contributed by atoms with van der Waals surface area (Å²) in [6, 6.07) is 0. The van der Waals surface area contributed by atoms with Gasteiger partial charge in [0.2, 0.25) is 0 Å². The van der Waals surface area contributed by atoms with Gasteiger partial charge in [-0.2, -0.15) is 0 Å². The Morgan fingerprint density at radius 1 is 0.355 bits per heavy atom. The molecule has 0 aromatic rings. The van der Waals surface area contributed by atoms with Crippen molar-refractivity contribution < 1.29 is 24.2 Å². The van der Waals surface area contributed by atoms with Crippen LogP contribution in [0.1, 0.15) is 322 Å². The van der Waals surface area contributed by atoms with Gasteiger partial charge in [-0.1, -0.05) is 283 Å². The number of hydrogen-bond acceptors (Lipinski definition) is 5. The highest BCUT2D eigenvalue weighted by Crippen LogP contribution is 2.18. The van der Waals surface area contributed by atoms with Gasteiger partial charge in [-0.25, -0.2) is 0 Å². The fourth-order valence-corrected chi connectivity index (χ4v) is 8.79. The van der Waals surface area contributed by atoms with Crippen molar-refractivity contribution in [3.8, 4) is 0 Å². The maximum Gasteiger partial charge on any atom is 0.306 e. The molecule has 0 aromatic carbocycles. The summed E-state index contributed by atoms with van der Waals surface area (Å²) >= 11 is 0. The van der Waals surface area contributed by atoms with Crippen LogP contribution in [0.5, 0.6) is 0 Å². The zero-order valence-electron chi connectivity index (χ0n) is 42.2. The topological polar surface area (TPSA) is 72.8 Å². The monoisotopic (exact) mass is 875 g/mol. The predicted octanol–water partition coefficient (Wildman–Crippen LogP) is 18.8. The van der Waals surface area contributed by atoms with Crippen molar-refractivity contribution in [3.05, 3.63) is 12.2 Å². The quantitative estimate of drug-likeness (QED) is 0.0374. The van der Waals surface area contributed by atoms with Crippen LogP contribution >= 0.6 is 0 Å². The molecule has 368 valence electrons. The van der Waals surface area contributed by atoms with Gasteiger partial charge in [-0.05, 0) is 38.5 Å². The molecule has 62 heavy (non-hydrogen) atoms. The van der Waals surface area contributed by atoms with Crippen LogP contribution in [0.15, 0.2) is 12.2 Å². The van der Waals surface area contributed by atoms with E-state index in [1.165, 1.54) is 257 Å². The Morgan fingerprint density at radius 2 is 0.597 bits per heavy atom. The van der Waals surface area contributed by atoms with Gasteiger partial charge in [0.15, 0.2) is 6.10 Å². The van der Waals surface area contributed by atoms with E-state index in [0.717, 1.165) is 38.5 Å². The third kappa shape index (κ3) is 51.3. The average Bonchev–Trinajstić information content (AvgIpc) is 3.28. The molecule has 0 saturated carbocycles. The van der Waals surface area contributed by atoms with Gasteiger partial charge in [0.25, 0.3) is 0 Å². The lowest BCUT2D eigenvalue weighted by atomic mass is 10.0. The number of hydrogen-bond donors (Lipinski definition) is 1. The van der Waals surface area contributed by atoms with E-state index >= 15 is 0 Å². The molecule has 0 aliphatic heterocycles. The van der Waals surface area contributed by atoms with Gasteiger partial charge in [-0.3, -0.25) is 9.59 Å². The lowest BCUT2D eigenvalue weighted by Gasteiger charge is -2.15. The summed E-state index contributed by atoms with van der Waals surface area (Å²) in [4.78, 5) is 24.4. The Morgan fingerprint density at radius 3 is 0.903 bits per heavy atom. The third-order valence-electron chi connectivity index (χ3n) is 13.1. The minimum Gasteiger partial charge on any atom is -0.462 e. The minimum atomic E-state index is -0.770. The molecule has 0 aliphatic rings. The smallest absolute Gasteiger partial charge is 0.306 e. The predicted molar refractivity (Wildman–Crippen MR) is 270 cm³/mol. The second-order valence-electron chi connectivity index (χ2n) is 19.4. The van der Waals surface area contributed by atoms with Gasteiger partial charge >= 0.3 is 11.9 Å². The van der Waals surface area contributed by atoms with Crippen molar-refractivity contribution in [1.29, 1.82) is 0 Å². The summed E-state index contributed by atoms with van der Waals surface area (Å²) in [5.74, 6) is -0.585. The molecule has 5 heteroatoms. The number of unbranched alkanes of at least 4 members (excludes halogenated alkanes) is 43. The third-order valence-corrected chi connectivity index (χ3v) is 13.1. The van der Waals surface area contributed by atoms with Crippen LogP contribution in [-0.4, -0.2) is 36.4 Å². The van der Waals surface area contributed by atoms with Crippen LogP contribution in [0.25, 0.3) is 0 Å². The molecule has 0 bridgehead atoms. The zero-order valence-corrected chi connectivity index (χ0v) is 42.2. The molecule has 1 unspecified atom stereocenters. The van der Waals surface area contributed by atoms with Crippen molar-refractivity contribution in [2.45, 2.75) is 328 Å². The largest absolute Gasteiger partial charge is 0.462 e. The lowest BCUT2D eigenvalue weighted by molar-refractivity contribution is -0.161. The Labute approximate surface area is 388 Å². The fourth-order valence-electron chi connectivity index (χ4n) is 8.79. The summed E-state index contributed by atoms with van der Waals surface area (Å²) in [7, 11) is 0. The van der Waals surface area contributed by atoms with Crippen LogP contribution in [0, 0.1) is 0 Å². The fraction of sp³-hybridized carbons (Fsp3) is 0.930. The Balaban J connectivity index is 3.33. The van der Waals surface area contributed by atoms with E-state index in [4.69, 9.17) is 9.47 Å². The number of carbonyl (C=O) groups is 2. The highest BCUT2D eigenvalue weighted by molar-refractivity contribution is 5.70. The van der Waals surface area contributed by atoms with Crippen molar-refractivity contribution in [1.82, 2.24) is 0 Å². The number of allylic oxidation sites excluding steroid dienone is 2. The first-order chi connectivity index (χ1) is 30.6. The summed E-state index contributed by atoms with van der Waals surface area (Å²) in [6.07, 6.45) is 66.5. The number of ether oxygens (including phenoxy) is 2. The van der Waals surface area contributed by atoms with Gasteiger partial charge in [0.1, 0.15) is 6.61 Å². The number of carbonyl (C=O) groups excluding carboxylic acids is 2. The standard InChI is InChI=1S/C57H110O5/c1-3-5-7-9-11-13-15-17-18-19-20-21-22-23-24-25-26-27-28-29-30-31-32-33-34-35-36-37-38-39-40-42-43-45-47-49-51-56(59)61-54-55(53-58)62-57(60)52-50-48-46-44-41-16-14-12-10-8-6-4-2/h12,14,55,58H,3-11,13,15-54H2,1-2H3/b14-12-. The zero-order chi connectivity index (χ0) is 44.9. The minimum absolute atomic E-state index is 0.0628. The molecule has 0 fully saturated rings. The highest BCUT2D eigenvalue weighted by atomic mass is 16.6. The summed E-state index contributed by atoms with van der Waals surface area (Å²) in [6.45, 7) is 4.15. The van der Waals surface area contributed by atoms with E-state index in [1.807, 2.05) is 0 Å². The van der Waals surface area contributed by atoms with Crippen molar-refractivity contribution in [2.75, 3.05) is 13.2 Å². The molecule has 0 spiro atoms. The molecular weight excluding hydrogens is 765 g/mol. The SMILES string of the molecule is CCCCC/C=C\CCCCCCCC(=O)OC(CO)COC(=O)CCCCCCCCCCCCCCCCCCCCCCCCCCCCCCCCCCCCCC. The van der Waals surface area contributed by atoms with E-state index in [2.05, 4.69) is 26.0 Å². The van der Waals surface area contributed by atoms with Crippen molar-refractivity contribution >= 4 is 11.9 Å². The number of esters is 2. The summed E-state index contributed by atoms with van der Waals surface area (Å²) in [5.41, 5.74) is 0. The average molecular weight is 876 g/mol. The number of rotatable bonds is 53. The van der Waals surface area contributed by atoms with E-state index in [-0.39, 0.29) is 25.2 Å². The van der Waals surface area contributed by atoms with Gasteiger partial charge in [0, 0.05) is 12.8 Å². The molecular formula is C57H110O5. The first-order valence-corrected chi connectivity index (χ1v) is 28.2. The molecule has 0 amide bonds. The van der Waals surface area contributed by atoms with E-state index in [9.17, 15) is 14.7 Å². The van der Waals surface area contributed by atoms with Crippen LogP contribution in [0.2, 0.25) is 0 Å². The van der Waals surface area contributed by atoms with E-state index in [1.54, 1.807) is 0 Å². The van der Waals surface area contributed by atoms with Crippen molar-refractivity contribution in [2.24, 2.45) is 0 Å². The summed E-state index contributed by atoms with van der Waals surface area (Å²) < 4.78 is 10.7. The van der Waals surface area contributed by atoms with Gasteiger partial charge < -0.3 is 14.6 Å². The number of aliphatic hydroxyl groups is 1. The molecule has 1 atom stereocenters. The molecule has 5 nitrogen and oxygen atoms in total. The second-order valence-corrected chi connectivity index (χ2v) is 19.4. The second kappa shape index (κ2) is 54.0. The maximum atomic E-state index is 12.2. The van der Waals surface area contributed by atoms with Gasteiger partial charge in [0.05, 0.1) is 6.61 Å². The Kier molecular flexibility index (Phi) is 52.8. The number of aliphatic hydroxyl groups excluding tert-OH is 1. The van der Waals surface area contributed by atoms with E-state index in [0.29, 0.717) is 12.8 Å². The molecule has 0 radical (unpaired) electrons. The van der Waals surface area contributed by atoms with Crippen LogP contribution in [0.3, 0.4) is 0 Å². The lowest BCUT2D eigenvalue weighted by Crippen LogP contribution is -2.28. The maximum absolute atomic E-state index is 12.2. The molecule has 0 aromatic heterocycles. The molecule has 0 saturated heterocycles. The normalized spacial score (nSPS) is 12.1. The van der Waals surface area contributed by atoms with Crippen LogP contribution < -0.4 is 0 Å². The molecule has 0 rings (SSSR count). The van der Waals surface area contributed by atoms with Crippen LogP contribution in [-0.2, 0) is 19.1 Å². The Bertz CT molecular complexity index is 902. The Hall–Kier alpha value is -1.36. The highest BCUT2D eigenvalue weighted by Gasteiger charge is 2.16. The molecule has 1 N–H and O–H groups in total. The molecule has 0 heterocycles. The molecule has 0 aliphatic carbocycles. The van der Waals surface area contributed by atoms with E-state index < -0.39 is 6.10 Å². The van der Waals surface area contributed by atoms with Crippen LogP contribution in [0.4, 0.5) is 0 Å². The summed E-state index contributed by atoms with van der Waals surface area (Å²) in [5, 5.41) is 9.59. The first kappa shape index (κ1) is 60.6.